The fourth-order valence-electron chi connectivity index (χ4n) is 2.95. The van der Waals surface area contributed by atoms with Gasteiger partial charge >= 0.3 is 0 Å². The summed E-state index contributed by atoms with van der Waals surface area (Å²) in [6.45, 7) is 9.74. The van der Waals surface area contributed by atoms with Gasteiger partial charge in [0, 0.05) is 45.0 Å². The molecular weight excluding hydrogens is 328 g/mol. The fraction of sp³-hybridized carbons (Fsp3) is 0.450. The number of amides is 2. The van der Waals surface area contributed by atoms with E-state index >= 15 is 0 Å². The molecule has 1 aromatic rings. The van der Waals surface area contributed by atoms with Crippen LogP contribution in [0.15, 0.2) is 36.0 Å². The van der Waals surface area contributed by atoms with Crippen LogP contribution in [-0.2, 0) is 15.0 Å². The number of carbonyl (C=O) groups excluding carboxylic acids is 2. The SMILES string of the molecule is CC(=O)N1CCN(C(=O)/C(C#N)=C\Nc2ccccc2C(C)(C)C)CC1. The predicted molar refractivity (Wildman–Crippen MR) is 101 cm³/mol. The second kappa shape index (κ2) is 8.05. The van der Waals surface area contributed by atoms with Crippen LogP contribution in [0.3, 0.4) is 0 Å². The first kappa shape index (κ1) is 19.5. The van der Waals surface area contributed by atoms with Crippen LogP contribution >= 0.6 is 0 Å². The van der Waals surface area contributed by atoms with Crippen LogP contribution in [0.2, 0.25) is 0 Å². The molecule has 1 aromatic carbocycles. The van der Waals surface area contributed by atoms with Crippen molar-refractivity contribution in [2.24, 2.45) is 0 Å². The third-order valence-electron chi connectivity index (χ3n) is 4.47. The molecule has 0 radical (unpaired) electrons. The maximum atomic E-state index is 12.6. The summed E-state index contributed by atoms with van der Waals surface area (Å²) in [4.78, 5) is 27.3. The predicted octanol–water partition coefficient (Wildman–Crippen LogP) is 2.49. The van der Waals surface area contributed by atoms with Gasteiger partial charge in [0.05, 0.1) is 0 Å². The van der Waals surface area contributed by atoms with Crippen molar-refractivity contribution in [3.63, 3.8) is 0 Å². The van der Waals surface area contributed by atoms with E-state index in [-0.39, 0.29) is 22.8 Å². The minimum Gasteiger partial charge on any atom is -0.360 e. The molecule has 0 aromatic heterocycles. The van der Waals surface area contributed by atoms with Crippen molar-refractivity contribution in [1.29, 1.82) is 5.26 Å². The molecule has 0 bridgehead atoms. The average Bonchev–Trinajstić information content (AvgIpc) is 2.61. The van der Waals surface area contributed by atoms with Crippen LogP contribution in [-0.4, -0.2) is 47.8 Å². The van der Waals surface area contributed by atoms with Gasteiger partial charge in [0.15, 0.2) is 0 Å². The molecule has 2 amide bonds. The summed E-state index contributed by atoms with van der Waals surface area (Å²) >= 11 is 0. The first-order valence-corrected chi connectivity index (χ1v) is 8.75. The average molecular weight is 354 g/mol. The summed E-state index contributed by atoms with van der Waals surface area (Å²) in [5.74, 6) is -0.301. The van der Waals surface area contributed by atoms with Crippen molar-refractivity contribution in [1.82, 2.24) is 9.80 Å². The van der Waals surface area contributed by atoms with Crippen LogP contribution in [0, 0.1) is 11.3 Å². The lowest BCUT2D eigenvalue weighted by atomic mass is 9.86. The molecule has 26 heavy (non-hydrogen) atoms. The number of anilines is 1. The van der Waals surface area contributed by atoms with Gasteiger partial charge in [0.2, 0.25) is 5.91 Å². The lowest BCUT2D eigenvalue weighted by Crippen LogP contribution is -2.50. The number of nitriles is 1. The van der Waals surface area contributed by atoms with Crippen molar-refractivity contribution >= 4 is 17.5 Å². The molecule has 0 atom stereocenters. The molecule has 1 N–H and O–H groups in total. The molecule has 1 aliphatic rings. The Morgan fingerprint density at radius 3 is 2.23 bits per heavy atom. The highest BCUT2D eigenvalue weighted by Gasteiger charge is 2.25. The molecular formula is C20H26N4O2. The zero-order valence-electron chi connectivity index (χ0n) is 15.9. The van der Waals surface area contributed by atoms with Gasteiger partial charge in [-0.2, -0.15) is 5.26 Å². The van der Waals surface area contributed by atoms with E-state index in [4.69, 9.17) is 0 Å². The van der Waals surface area contributed by atoms with E-state index in [1.165, 1.54) is 13.1 Å². The minimum atomic E-state index is -0.309. The van der Waals surface area contributed by atoms with Crippen molar-refractivity contribution < 1.29 is 9.59 Å². The molecule has 0 spiro atoms. The fourth-order valence-corrected chi connectivity index (χ4v) is 2.95. The van der Waals surface area contributed by atoms with Gasteiger partial charge in [0.25, 0.3) is 5.91 Å². The zero-order valence-corrected chi connectivity index (χ0v) is 15.9. The van der Waals surface area contributed by atoms with Crippen LogP contribution in [0.5, 0.6) is 0 Å². The second-order valence-electron chi connectivity index (χ2n) is 7.41. The largest absolute Gasteiger partial charge is 0.360 e. The van der Waals surface area contributed by atoms with Gasteiger partial charge in [0.1, 0.15) is 11.6 Å². The Morgan fingerprint density at radius 2 is 1.69 bits per heavy atom. The Bertz CT molecular complexity index is 748. The summed E-state index contributed by atoms with van der Waals surface area (Å²) in [5.41, 5.74) is 1.99. The molecule has 138 valence electrons. The molecule has 6 heteroatoms. The first-order chi connectivity index (χ1) is 12.2. The number of para-hydroxylation sites is 1. The monoisotopic (exact) mass is 354 g/mol. The molecule has 2 rings (SSSR count). The molecule has 0 saturated carbocycles. The maximum Gasteiger partial charge on any atom is 0.266 e. The van der Waals surface area contributed by atoms with Crippen molar-refractivity contribution in [3.05, 3.63) is 41.6 Å². The number of nitrogens with one attached hydrogen (secondary N) is 1. The standard InChI is InChI=1S/C20H26N4O2/c1-15(25)23-9-11-24(12-10-23)19(26)16(13-21)14-22-18-8-6-5-7-17(18)20(2,3)4/h5-8,14,22H,9-12H2,1-4H3/b16-14-. The molecule has 0 unspecified atom stereocenters. The number of benzene rings is 1. The third kappa shape index (κ3) is 4.63. The topological polar surface area (TPSA) is 76.4 Å². The lowest BCUT2D eigenvalue weighted by molar-refractivity contribution is -0.136. The van der Waals surface area contributed by atoms with E-state index < -0.39 is 0 Å². The summed E-state index contributed by atoms with van der Waals surface area (Å²) in [7, 11) is 0. The quantitative estimate of drug-likeness (QED) is 0.668. The molecule has 6 nitrogen and oxygen atoms in total. The lowest BCUT2D eigenvalue weighted by Gasteiger charge is -2.34. The molecule has 1 heterocycles. The Hall–Kier alpha value is -2.81. The van der Waals surface area contributed by atoms with Crippen LogP contribution in [0.1, 0.15) is 33.3 Å². The maximum absolute atomic E-state index is 12.6. The smallest absolute Gasteiger partial charge is 0.266 e. The Balaban J connectivity index is 2.11. The van der Waals surface area contributed by atoms with Gasteiger partial charge in [-0.15, -0.1) is 0 Å². The number of hydrogen-bond donors (Lipinski definition) is 1. The third-order valence-corrected chi connectivity index (χ3v) is 4.47. The van der Waals surface area contributed by atoms with E-state index in [9.17, 15) is 14.9 Å². The van der Waals surface area contributed by atoms with Crippen molar-refractivity contribution in [2.45, 2.75) is 33.1 Å². The normalized spacial score (nSPS) is 15.4. The molecule has 1 saturated heterocycles. The highest BCUT2D eigenvalue weighted by molar-refractivity contribution is 5.97. The van der Waals surface area contributed by atoms with E-state index in [0.29, 0.717) is 26.2 Å². The van der Waals surface area contributed by atoms with E-state index in [0.717, 1.165) is 11.3 Å². The minimum absolute atomic E-state index is 0.00796. The highest BCUT2D eigenvalue weighted by Crippen LogP contribution is 2.29. The number of carbonyl (C=O) groups is 2. The number of nitrogens with zero attached hydrogens (tertiary/aromatic N) is 3. The van der Waals surface area contributed by atoms with Crippen molar-refractivity contribution in [2.75, 3.05) is 31.5 Å². The van der Waals surface area contributed by atoms with Crippen LogP contribution in [0.25, 0.3) is 0 Å². The highest BCUT2D eigenvalue weighted by atomic mass is 16.2. The van der Waals surface area contributed by atoms with E-state index in [1.54, 1.807) is 9.80 Å². The molecule has 1 aliphatic heterocycles. The zero-order chi connectivity index (χ0) is 19.3. The summed E-state index contributed by atoms with van der Waals surface area (Å²) in [5, 5.41) is 12.5. The van der Waals surface area contributed by atoms with E-state index in [2.05, 4.69) is 26.1 Å². The van der Waals surface area contributed by atoms with Gasteiger partial charge < -0.3 is 15.1 Å². The van der Waals surface area contributed by atoms with Crippen LogP contribution in [0.4, 0.5) is 5.69 Å². The van der Waals surface area contributed by atoms with Gasteiger partial charge in [-0.25, -0.2) is 0 Å². The summed E-state index contributed by atoms with van der Waals surface area (Å²) in [6.07, 6.45) is 1.48. The second-order valence-corrected chi connectivity index (χ2v) is 7.41. The summed E-state index contributed by atoms with van der Waals surface area (Å²) < 4.78 is 0. The number of rotatable bonds is 3. The molecule has 1 fully saturated rings. The molecule has 0 aliphatic carbocycles. The Morgan fingerprint density at radius 1 is 1.12 bits per heavy atom. The summed E-state index contributed by atoms with van der Waals surface area (Å²) in [6, 6.07) is 9.84. The van der Waals surface area contributed by atoms with Crippen molar-refractivity contribution in [3.8, 4) is 6.07 Å². The number of hydrogen-bond acceptors (Lipinski definition) is 4. The Labute approximate surface area is 155 Å². The number of piperazine rings is 1. The first-order valence-electron chi connectivity index (χ1n) is 8.75. The van der Waals surface area contributed by atoms with Gasteiger partial charge in [-0.3, -0.25) is 9.59 Å². The van der Waals surface area contributed by atoms with Crippen LogP contribution < -0.4 is 5.32 Å². The Kier molecular flexibility index (Phi) is 6.04. The van der Waals surface area contributed by atoms with Gasteiger partial charge in [-0.05, 0) is 17.0 Å². The van der Waals surface area contributed by atoms with Gasteiger partial charge in [-0.1, -0.05) is 39.0 Å². The van der Waals surface area contributed by atoms with E-state index in [1.807, 2.05) is 30.3 Å².